The van der Waals surface area contributed by atoms with Gasteiger partial charge in [0.2, 0.25) is 0 Å². The summed E-state index contributed by atoms with van der Waals surface area (Å²) in [6.07, 6.45) is 20.9. The van der Waals surface area contributed by atoms with Gasteiger partial charge in [0.1, 0.15) is 7.11 Å². The first-order valence-electron chi connectivity index (χ1n) is 15.7. The van der Waals surface area contributed by atoms with E-state index >= 15 is 0 Å². The summed E-state index contributed by atoms with van der Waals surface area (Å²) in [6, 6.07) is 0. The molecule has 4 aliphatic carbocycles. The van der Waals surface area contributed by atoms with Crippen molar-refractivity contribution in [1.82, 2.24) is 0 Å². The Morgan fingerprint density at radius 1 is 1.27 bits per heavy atom. The summed E-state index contributed by atoms with van der Waals surface area (Å²) in [5.41, 5.74) is 6.76. The van der Waals surface area contributed by atoms with Gasteiger partial charge in [-0.25, -0.2) is 0 Å². The molecule has 3 fully saturated rings. The predicted molar refractivity (Wildman–Crippen MR) is 171 cm³/mol. The van der Waals surface area contributed by atoms with Crippen LogP contribution in [0.3, 0.4) is 0 Å². The van der Waals surface area contributed by atoms with Gasteiger partial charge in [-0.15, -0.1) is 0 Å². The SMILES string of the molecule is C=C1/C(=C\C=C2/CCC[C@]3(C)C([C@H](C)C/C=C/C(=N\OC)C4CC4)=CC[C@@H]23)C[C@@H](O)C[C@@H]1O[Si](C)(C)C(C)(C)C. The molecule has 5 atom stereocenters. The Morgan fingerprint density at radius 2 is 2.00 bits per heavy atom. The number of aliphatic hydroxyl groups excluding tert-OH is 1. The van der Waals surface area contributed by atoms with E-state index in [0.717, 1.165) is 36.1 Å². The van der Waals surface area contributed by atoms with Crippen LogP contribution in [0.4, 0.5) is 0 Å². The number of fused-ring (bicyclic) bond motifs is 1. The maximum Gasteiger partial charge on any atom is 0.192 e. The average Bonchev–Trinajstić information content (AvgIpc) is 3.64. The van der Waals surface area contributed by atoms with Gasteiger partial charge in [-0.1, -0.05) is 81.8 Å². The summed E-state index contributed by atoms with van der Waals surface area (Å²) in [6.45, 7) is 20.8. The van der Waals surface area contributed by atoms with Gasteiger partial charge in [-0.3, -0.25) is 0 Å². The largest absolute Gasteiger partial charge is 0.410 e. The van der Waals surface area contributed by atoms with Gasteiger partial charge in [0.15, 0.2) is 8.32 Å². The number of aliphatic hydroxyl groups is 1. The van der Waals surface area contributed by atoms with Gasteiger partial charge in [0.05, 0.1) is 17.9 Å². The maximum absolute atomic E-state index is 10.8. The molecule has 0 aliphatic heterocycles. The molecule has 0 aromatic heterocycles. The topological polar surface area (TPSA) is 51.0 Å². The highest BCUT2D eigenvalue weighted by atomic mass is 28.4. The third-order valence-corrected chi connectivity index (χ3v) is 15.1. The van der Waals surface area contributed by atoms with Crippen LogP contribution in [0.1, 0.15) is 92.4 Å². The fourth-order valence-corrected chi connectivity index (χ4v) is 8.26. The molecular formula is C35H55NO3Si. The van der Waals surface area contributed by atoms with Crippen LogP contribution in [0.5, 0.6) is 0 Å². The van der Waals surface area contributed by atoms with Crippen LogP contribution in [-0.4, -0.2) is 38.5 Å². The lowest BCUT2D eigenvalue weighted by Gasteiger charge is -2.43. The van der Waals surface area contributed by atoms with Gasteiger partial charge >= 0.3 is 0 Å². The first-order chi connectivity index (χ1) is 18.8. The molecular weight excluding hydrogens is 510 g/mol. The highest BCUT2D eigenvalue weighted by Crippen LogP contribution is 2.57. The lowest BCUT2D eigenvalue weighted by Crippen LogP contribution is -2.46. The van der Waals surface area contributed by atoms with Gasteiger partial charge < -0.3 is 14.4 Å². The molecule has 0 amide bonds. The minimum atomic E-state index is -1.96. The summed E-state index contributed by atoms with van der Waals surface area (Å²) in [5.74, 6) is 1.68. The van der Waals surface area contributed by atoms with Crippen LogP contribution in [0.15, 0.2) is 64.4 Å². The lowest BCUT2D eigenvalue weighted by molar-refractivity contribution is 0.0908. The van der Waals surface area contributed by atoms with Crippen molar-refractivity contribution in [3.63, 3.8) is 0 Å². The van der Waals surface area contributed by atoms with Crippen molar-refractivity contribution in [2.45, 2.75) is 123 Å². The highest BCUT2D eigenvalue weighted by molar-refractivity contribution is 6.74. The molecule has 40 heavy (non-hydrogen) atoms. The zero-order chi connectivity index (χ0) is 29.3. The molecule has 0 unspecified atom stereocenters. The monoisotopic (exact) mass is 565 g/mol. The standard InChI is InChI=1S/C35H55NO3Si/c1-24(12-10-14-32(36-38-7)27-16-17-27)30-19-20-31-26(13-11-21-35(30,31)6)15-18-28-22-29(37)23-33(25(28)2)39-40(8,9)34(3,4)5/h10,14-15,18-19,24,27,29,31,33,37H,2,11-13,16-17,20-23H2,1,3-9H3/b14-10+,26-15+,28-18-,36-32+/t24-,29-,31+,33+,35-/m1/s1. The Labute approximate surface area is 245 Å². The fraction of sp³-hybridized carbons (Fsp3) is 0.686. The molecule has 0 aromatic carbocycles. The zero-order valence-corrected chi connectivity index (χ0v) is 27.6. The van der Waals surface area contributed by atoms with Crippen LogP contribution >= 0.6 is 0 Å². The van der Waals surface area contributed by atoms with E-state index in [0.29, 0.717) is 30.6 Å². The van der Waals surface area contributed by atoms with E-state index in [9.17, 15) is 5.11 Å². The van der Waals surface area contributed by atoms with Crippen molar-refractivity contribution in [1.29, 1.82) is 0 Å². The summed E-state index contributed by atoms with van der Waals surface area (Å²) in [5, 5.41) is 15.1. The number of nitrogens with zero attached hydrogens (tertiary/aromatic N) is 1. The molecule has 5 heteroatoms. The Kier molecular flexibility index (Phi) is 9.59. The van der Waals surface area contributed by atoms with Crippen molar-refractivity contribution in [3.05, 3.63) is 59.3 Å². The lowest BCUT2D eigenvalue weighted by atomic mass is 9.62. The third-order valence-electron chi connectivity index (χ3n) is 10.6. The molecule has 0 saturated heterocycles. The number of allylic oxidation sites excluding steroid dienone is 7. The van der Waals surface area contributed by atoms with Crippen molar-refractivity contribution >= 4 is 14.0 Å². The maximum atomic E-state index is 10.8. The molecule has 4 nitrogen and oxygen atoms in total. The van der Waals surface area contributed by atoms with Gasteiger partial charge in [0.25, 0.3) is 0 Å². The van der Waals surface area contributed by atoms with Gasteiger partial charge in [0, 0.05) is 12.3 Å². The third kappa shape index (κ3) is 6.85. The van der Waals surface area contributed by atoms with Crippen LogP contribution in [0.2, 0.25) is 18.1 Å². The average molecular weight is 566 g/mol. The second kappa shape index (κ2) is 12.3. The molecule has 4 rings (SSSR count). The molecule has 0 aromatic rings. The quantitative estimate of drug-likeness (QED) is 0.131. The smallest absolute Gasteiger partial charge is 0.192 e. The molecule has 4 aliphatic rings. The number of hydrogen-bond donors (Lipinski definition) is 1. The van der Waals surface area contributed by atoms with E-state index < -0.39 is 8.32 Å². The van der Waals surface area contributed by atoms with E-state index in [1.54, 1.807) is 18.3 Å². The molecule has 1 N–H and O–H groups in total. The Morgan fingerprint density at radius 3 is 2.65 bits per heavy atom. The number of rotatable bonds is 9. The van der Waals surface area contributed by atoms with Crippen molar-refractivity contribution in [2.24, 2.45) is 28.3 Å². The van der Waals surface area contributed by atoms with Crippen LogP contribution < -0.4 is 0 Å². The molecule has 0 spiro atoms. The highest BCUT2D eigenvalue weighted by Gasteiger charge is 2.46. The molecule has 0 radical (unpaired) electrons. The van der Waals surface area contributed by atoms with E-state index in [2.05, 4.69) is 89.8 Å². The van der Waals surface area contributed by atoms with E-state index in [4.69, 9.17) is 9.26 Å². The summed E-state index contributed by atoms with van der Waals surface area (Å²) in [4.78, 5) is 5.07. The Hall–Kier alpha value is -1.69. The Bertz CT molecular complexity index is 1100. The van der Waals surface area contributed by atoms with Crippen molar-refractivity contribution < 1.29 is 14.4 Å². The van der Waals surface area contributed by atoms with Gasteiger partial charge in [-0.05, 0) is 104 Å². The molecule has 222 valence electrons. The normalized spacial score (nSPS) is 33.0. The van der Waals surface area contributed by atoms with E-state index in [-0.39, 0.29) is 22.7 Å². The first-order valence-corrected chi connectivity index (χ1v) is 18.6. The van der Waals surface area contributed by atoms with Crippen LogP contribution in [-0.2, 0) is 9.26 Å². The van der Waals surface area contributed by atoms with Crippen LogP contribution in [0, 0.1) is 23.2 Å². The summed E-state index contributed by atoms with van der Waals surface area (Å²) >= 11 is 0. The van der Waals surface area contributed by atoms with Crippen LogP contribution in [0.25, 0.3) is 0 Å². The Balaban J connectivity index is 1.45. The number of oxime groups is 1. The second-order valence-electron chi connectivity index (χ2n) is 14.7. The summed E-state index contributed by atoms with van der Waals surface area (Å²) < 4.78 is 6.74. The van der Waals surface area contributed by atoms with Gasteiger partial charge in [-0.2, -0.15) is 0 Å². The molecule has 3 saturated carbocycles. The van der Waals surface area contributed by atoms with Crippen molar-refractivity contribution in [3.8, 4) is 0 Å². The zero-order valence-electron chi connectivity index (χ0n) is 26.6. The fourth-order valence-electron chi connectivity index (χ4n) is 6.96. The predicted octanol–water partition coefficient (Wildman–Crippen LogP) is 9.07. The molecule has 0 bridgehead atoms. The second-order valence-corrected chi connectivity index (χ2v) is 19.4. The minimum Gasteiger partial charge on any atom is -0.410 e. The van der Waals surface area contributed by atoms with Crippen molar-refractivity contribution in [2.75, 3.05) is 7.11 Å². The summed E-state index contributed by atoms with van der Waals surface area (Å²) in [7, 11) is -0.317. The molecule has 0 heterocycles. The number of hydrogen-bond acceptors (Lipinski definition) is 4. The first kappa shape index (κ1) is 31.2. The minimum absolute atomic E-state index is 0.0890. The van der Waals surface area contributed by atoms with E-state index in [1.807, 2.05) is 0 Å². The van der Waals surface area contributed by atoms with E-state index in [1.165, 1.54) is 25.7 Å².